The number of nitrogens with zero attached hydrogens (tertiary/aromatic N) is 5. The summed E-state index contributed by atoms with van der Waals surface area (Å²) in [6.45, 7) is 17.8. The normalized spacial score (nSPS) is 11.5. The van der Waals surface area contributed by atoms with Crippen LogP contribution in [0, 0.1) is 41.5 Å². The van der Waals surface area contributed by atoms with Crippen molar-refractivity contribution in [1.29, 1.82) is 0 Å². The number of aromatic nitrogens is 4. The molecule has 10 rings (SSSR count). The van der Waals surface area contributed by atoms with Gasteiger partial charge in [0.2, 0.25) is 0 Å². The predicted molar refractivity (Wildman–Crippen MR) is 277 cm³/mol. The molecule has 66 heavy (non-hydrogen) atoms. The molecule has 7 aromatic carbocycles. The summed E-state index contributed by atoms with van der Waals surface area (Å²) in [5.41, 5.74) is 22.1. The van der Waals surface area contributed by atoms with E-state index in [-0.39, 0.29) is 0 Å². The number of imidazole rings is 1. The van der Waals surface area contributed by atoms with Crippen molar-refractivity contribution in [2.45, 2.75) is 61.3 Å². The summed E-state index contributed by atoms with van der Waals surface area (Å²) in [7, 11) is 0. The third-order valence-electron chi connectivity index (χ3n) is 13.2. The van der Waals surface area contributed by atoms with E-state index in [4.69, 9.17) is 9.97 Å². The van der Waals surface area contributed by atoms with Crippen LogP contribution in [0.25, 0.3) is 67.3 Å². The number of rotatable bonds is 10. The van der Waals surface area contributed by atoms with Crippen LogP contribution in [0.2, 0.25) is 0 Å². The van der Waals surface area contributed by atoms with Crippen LogP contribution < -0.4 is 4.90 Å². The second-order valence-electron chi connectivity index (χ2n) is 18.0. The fourth-order valence-electron chi connectivity index (χ4n) is 10.1. The van der Waals surface area contributed by atoms with Gasteiger partial charge in [0.1, 0.15) is 11.6 Å². The Morgan fingerprint density at radius 3 is 1.79 bits per heavy atom. The van der Waals surface area contributed by atoms with Crippen LogP contribution in [0.3, 0.4) is 0 Å². The van der Waals surface area contributed by atoms with Crippen molar-refractivity contribution in [1.82, 2.24) is 19.1 Å². The van der Waals surface area contributed by atoms with Crippen molar-refractivity contribution in [2.75, 3.05) is 4.90 Å². The molecule has 5 heteroatoms. The predicted octanol–water partition coefficient (Wildman–Crippen LogP) is 16.3. The maximum absolute atomic E-state index is 5.21. The zero-order valence-electron chi connectivity index (χ0n) is 39.1. The number of fused-ring (bicyclic) bond motifs is 1. The van der Waals surface area contributed by atoms with Gasteiger partial charge < -0.3 is 4.90 Å². The third-order valence-corrected chi connectivity index (χ3v) is 13.2. The molecule has 0 saturated carbocycles. The first-order valence-corrected chi connectivity index (χ1v) is 23.0. The Morgan fingerprint density at radius 2 is 1.09 bits per heavy atom. The lowest BCUT2D eigenvalue weighted by molar-refractivity contribution is 0.857. The largest absolute Gasteiger partial charge is 0.310 e. The van der Waals surface area contributed by atoms with E-state index in [0.717, 1.165) is 62.3 Å². The lowest BCUT2D eigenvalue weighted by Gasteiger charge is -2.28. The molecule has 0 spiro atoms. The van der Waals surface area contributed by atoms with Crippen LogP contribution >= 0.6 is 0 Å². The van der Waals surface area contributed by atoms with Crippen LogP contribution in [-0.4, -0.2) is 19.1 Å². The Bertz CT molecular complexity index is 3360. The minimum Gasteiger partial charge on any atom is -0.310 e. The highest BCUT2D eigenvalue weighted by Crippen LogP contribution is 2.49. The first-order valence-electron chi connectivity index (χ1n) is 23.0. The van der Waals surface area contributed by atoms with Gasteiger partial charge in [-0.1, -0.05) is 135 Å². The Balaban J connectivity index is 1.30. The van der Waals surface area contributed by atoms with Crippen LogP contribution in [-0.2, 0) is 0 Å². The molecule has 0 saturated heterocycles. The molecule has 0 atom stereocenters. The van der Waals surface area contributed by atoms with Gasteiger partial charge in [-0.05, 0) is 140 Å². The highest BCUT2D eigenvalue weighted by molar-refractivity contribution is 6.09. The van der Waals surface area contributed by atoms with Crippen LogP contribution in [0.5, 0.6) is 0 Å². The van der Waals surface area contributed by atoms with E-state index in [1.807, 2.05) is 12.4 Å². The summed E-state index contributed by atoms with van der Waals surface area (Å²) in [5, 5.41) is 1.17. The van der Waals surface area contributed by atoms with Crippen LogP contribution in [0.15, 0.2) is 182 Å². The molecule has 0 unspecified atom stereocenters. The molecule has 0 aliphatic heterocycles. The fraction of sp³-hybridized carbons (Fsp3) is 0.148. The second-order valence-corrected chi connectivity index (χ2v) is 18.0. The number of para-hydroxylation sites is 2. The topological polar surface area (TPSA) is 38.9 Å². The van der Waals surface area contributed by atoms with Crippen molar-refractivity contribution in [3.8, 4) is 56.4 Å². The Hall–Kier alpha value is -7.76. The molecule has 0 amide bonds. The van der Waals surface area contributed by atoms with Crippen LogP contribution in [0.1, 0.15) is 58.7 Å². The minimum absolute atomic E-state index is 0.327. The molecule has 0 aliphatic carbocycles. The molecule has 0 N–H and O–H groups in total. The van der Waals surface area contributed by atoms with E-state index in [2.05, 4.69) is 239 Å². The number of aryl methyl sites for hydroxylation is 6. The number of benzene rings is 7. The van der Waals surface area contributed by atoms with Gasteiger partial charge >= 0.3 is 0 Å². The van der Waals surface area contributed by atoms with E-state index >= 15 is 0 Å². The summed E-state index contributed by atoms with van der Waals surface area (Å²) < 4.78 is 4.67. The van der Waals surface area contributed by atoms with E-state index in [0.29, 0.717) is 5.92 Å². The molecular weight excluding hydrogens is 803 g/mol. The minimum atomic E-state index is 0.327. The quantitative estimate of drug-likeness (QED) is 0.138. The lowest BCUT2D eigenvalue weighted by atomic mass is 9.89. The lowest BCUT2D eigenvalue weighted by Crippen LogP contribution is -2.12. The Morgan fingerprint density at radius 1 is 0.485 bits per heavy atom. The monoisotopic (exact) mass is 857 g/mol. The van der Waals surface area contributed by atoms with E-state index in [1.165, 1.54) is 61.0 Å². The van der Waals surface area contributed by atoms with Crippen molar-refractivity contribution < 1.29 is 0 Å². The summed E-state index contributed by atoms with van der Waals surface area (Å²) in [6, 6.07) is 59.5. The summed E-state index contributed by atoms with van der Waals surface area (Å²) >= 11 is 0. The first-order chi connectivity index (χ1) is 32.1. The highest BCUT2D eigenvalue weighted by Gasteiger charge is 2.28. The molecule has 3 heterocycles. The molecular formula is C61H55N5. The van der Waals surface area contributed by atoms with Crippen LogP contribution in [0.4, 0.5) is 17.1 Å². The van der Waals surface area contributed by atoms with Crippen molar-refractivity contribution >= 4 is 28.0 Å². The average Bonchev–Trinajstić information content (AvgIpc) is 3.93. The molecule has 3 aromatic heterocycles. The number of pyridine rings is 1. The van der Waals surface area contributed by atoms with E-state index in [1.54, 1.807) is 0 Å². The van der Waals surface area contributed by atoms with Crippen molar-refractivity contribution in [3.63, 3.8) is 0 Å². The fourth-order valence-corrected chi connectivity index (χ4v) is 10.1. The molecule has 5 nitrogen and oxygen atoms in total. The number of anilines is 3. The molecule has 0 bridgehead atoms. The molecule has 0 radical (unpaired) electrons. The maximum atomic E-state index is 5.21. The third kappa shape index (κ3) is 7.40. The van der Waals surface area contributed by atoms with Gasteiger partial charge in [-0.15, -0.1) is 0 Å². The number of hydrogen-bond donors (Lipinski definition) is 0. The summed E-state index contributed by atoms with van der Waals surface area (Å²) in [4.78, 5) is 12.6. The van der Waals surface area contributed by atoms with E-state index in [9.17, 15) is 0 Å². The zero-order chi connectivity index (χ0) is 45.6. The standard InChI is InChI=1S/C61H55N5/c1-39(2)47-32-33-62-55(37-47)66-54-38-50(30-31-52(54)58(56-40(3)18-14-19-41(56)4)60(66)57-42(5)20-15-21-43(57)6)65(53-29-13-12-28-51(53)46-24-10-9-11-25-46)49-27-17-26-48(36-49)61-63-34-35-64(61)59-44(7)22-16-23-45(59)8/h9-39H,1-8H3. The van der Waals surface area contributed by atoms with Gasteiger partial charge in [0, 0.05) is 57.6 Å². The van der Waals surface area contributed by atoms with Gasteiger partial charge in [-0.2, -0.15) is 0 Å². The Labute approximate surface area is 389 Å². The van der Waals surface area contributed by atoms with Gasteiger partial charge in [0.25, 0.3) is 0 Å². The molecule has 0 aliphatic rings. The smallest absolute Gasteiger partial charge is 0.144 e. The first kappa shape index (κ1) is 42.2. The molecule has 10 aromatic rings. The van der Waals surface area contributed by atoms with Gasteiger partial charge in [0.05, 0.1) is 22.6 Å². The average molecular weight is 858 g/mol. The van der Waals surface area contributed by atoms with Crippen molar-refractivity contribution in [3.05, 3.63) is 221 Å². The molecule has 324 valence electrons. The SMILES string of the molecule is Cc1cccc(C)c1-c1c(-c2c(C)cccc2C)n(-c2cc(C(C)C)ccn2)c2cc(N(c3cccc(-c4nccn4-c4c(C)cccc4C)c3)c3ccccc3-c3ccccc3)ccc12. The Kier molecular flexibility index (Phi) is 11.1. The second kappa shape index (κ2) is 17.3. The summed E-state index contributed by atoms with van der Waals surface area (Å²) in [6.07, 6.45) is 5.96. The number of hydrogen-bond acceptors (Lipinski definition) is 3. The highest BCUT2D eigenvalue weighted by atomic mass is 15.2. The molecule has 0 fully saturated rings. The summed E-state index contributed by atoms with van der Waals surface area (Å²) in [5.74, 6) is 2.12. The van der Waals surface area contributed by atoms with Gasteiger partial charge in [0.15, 0.2) is 0 Å². The van der Waals surface area contributed by atoms with Gasteiger partial charge in [-0.3, -0.25) is 9.13 Å². The maximum Gasteiger partial charge on any atom is 0.144 e. The zero-order valence-corrected chi connectivity index (χ0v) is 39.1. The van der Waals surface area contributed by atoms with Crippen molar-refractivity contribution in [2.24, 2.45) is 0 Å². The van der Waals surface area contributed by atoms with E-state index < -0.39 is 0 Å². The van der Waals surface area contributed by atoms with Gasteiger partial charge in [-0.25, -0.2) is 9.97 Å².